The maximum atomic E-state index is 15.3. The fourth-order valence-electron chi connectivity index (χ4n) is 6.65. The van der Waals surface area contributed by atoms with Crippen LogP contribution in [-0.4, -0.2) is 11.3 Å². The normalized spacial score (nSPS) is 19.9. The van der Waals surface area contributed by atoms with Crippen LogP contribution in [0.15, 0.2) is 54.6 Å². The molecule has 0 amide bonds. The van der Waals surface area contributed by atoms with Gasteiger partial charge in [-0.05, 0) is 58.0 Å². The van der Waals surface area contributed by atoms with Crippen molar-refractivity contribution in [1.29, 1.82) is 0 Å². The SMILES string of the molecule is O=P(c1ccc2ccc3cccc4ccc1c2c34)(C1CCCCC1)C1CCCCC1. The Balaban J connectivity index is 1.64. The van der Waals surface area contributed by atoms with Gasteiger partial charge in [-0.25, -0.2) is 0 Å². The fraction of sp³-hybridized carbons (Fsp3) is 0.429. The molecule has 2 saturated carbocycles. The second-order valence-electron chi connectivity index (χ2n) is 9.73. The van der Waals surface area contributed by atoms with Crippen molar-refractivity contribution in [2.45, 2.75) is 75.5 Å². The van der Waals surface area contributed by atoms with Gasteiger partial charge in [-0.3, -0.25) is 0 Å². The zero-order chi connectivity index (χ0) is 20.1. The molecule has 2 fully saturated rings. The minimum Gasteiger partial charge on any atom is -0.318 e. The average Bonchev–Trinajstić information content (AvgIpc) is 2.83. The molecule has 0 radical (unpaired) electrons. The molecule has 4 aromatic rings. The van der Waals surface area contributed by atoms with E-state index >= 15 is 4.57 Å². The molecule has 0 aromatic heterocycles. The van der Waals surface area contributed by atoms with Gasteiger partial charge in [0.25, 0.3) is 0 Å². The third kappa shape index (κ3) is 2.78. The Kier molecular flexibility index (Phi) is 4.65. The number of hydrogen-bond donors (Lipinski definition) is 0. The second-order valence-corrected chi connectivity index (χ2v) is 13.1. The summed E-state index contributed by atoms with van der Waals surface area (Å²) >= 11 is 0. The Labute approximate surface area is 179 Å². The van der Waals surface area contributed by atoms with Crippen LogP contribution >= 0.6 is 7.14 Å². The van der Waals surface area contributed by atoms with Crippen molar-refractivity contribution in [3.63, 3.8) is 0 Å². The van der Waals surface area contributed by atoms with Gasteiger partial charge in [-0.15, -0.1) is 0 Å². The standard InChI is InChI=1S/C28H31OP/c29-30(23-10-3-1-4-11-23,24-12-5-2-6-13-24)26-19-17-22-15-14-20-8-7-9-21-16-18-25(26)28(22)27(20)21/h7-9,14-19,23-24H,1-6,10-13H2. The van der Waals surface area contributed by atoms with Crippen molar-refractivity contribution in [2.75, 3.05) is 0 Å². The van der Waals surface area contributed by atoms with Gasteiger partial charge in [0.2, 0.25) is 0 Å². The Bertz CT molecular complexity index is 1210. The van der Waals surface area contributed by atoms with E-state index in [9.17, 15) is 0 Å². The molecule has 6 rings (SSSR count). The highest BCUT2D eigenvalue weighted by Crippen LogP contribution is 2.62. The van der Waals surface area contributed by atoms with Crippen LogP contribution in [0.25, 0.3) is 32.3 Å². The van der Waals surface area contributed by atoms with E-state index in [0.29, 0.717) is 11.3 Å². The average molecular weight is 415 g/mol. The maximum absolute atomic E-state index is 15.3. The molecule has 0 aliphatic heterocycles. The summed E-state index contributed by atoms with van der Waals surface area (Å²) in [6.07, 6.45) is 12.3. The van der Waals surface area contributed by atoms with Crippen LogP contribution in [-0.2, 0) is 4.57 Å². The van der Waals surface area contributed by atoms with E-state index in [4.69, 9.17) is 0 Å². The molecule has 0 heterocycles. The molecule has 30 heavy (non-hydrogen) atoms. The number of hydrogen-bond acceptors (Lipinski definition) is 1. The Morgan fingerprint density at radius 1 is 0.567 bits per heavy atom. The van der Waals surface area contributed by atoms with E-state index < -0.39 is 7.14 Å². The highest BCUT2D eigenvalue weighted by molar-refractivity contribution is 7.73. The first kappa shape index (κ1) is 18.9. The Morgan fingerprint density at radius 2 is 1.07 bits per heavy atom. The van der Waals surface area contributed by atoms with Crippen LogP contribution in [0.2, 0.25) is 0 Å². The lowest BCUT2D eigenvalue weighted by Crippen LogP contribution is -2.30. The van der Waals surface area contributed by atoms with E-state index in [1.807, 2.05) is 0 Å². The molecular weight excluding hydrogens is 383 g/mol. The minimum absolute atomic E-state index is 0.396. The van der Waals surface area contributed by atoms with E-state index in [2.05, 4.69) is 54.6 Å². The molecule has 1 nitrogen and oxygen atoms in total. The van der Waals surface area contributed by atoms with Gasteiger partial charge < -0.3 is 4.57 Å². The second kappa shape index (κ2) is 7.38. The molecule has 2 aliphatic carbocycles. The lowest BCUT2D eigenvalue weighted by Gasteiger charge is -2.39. The van der Waals surface area contributed by atoms with Crippen LogP contribution < -0.4 is 5.30 Å². The molecule has 2 aliphatic rings. The molecule has 0 atom stereocenters. The smallest absolute Gasteiger partial charge is 0.122 e. The zero-order valence-electron chi connectivity index (χ0n) is 17.8. The van der Waals surface area contributed by atoms with Gasteiger partial charge in [0.1, 0.15) is 7.14 Å². The molecule has 0 N–H and O–H groups in total. The van der Waals surface area contributed by atoms with E-state index in [1.54, 1.807) is 0 Å². The predicted molar refractivity (Wildman–Crippen MR) is 131 cm³/mol. The van der Waals surface area contributed by atoms with Crippen molar-refractivity contribution < 1.29 is 4.57 Å². The lowest BCUT2D eigenvalue weighted by molar-refractivity contribution is 0.453. The molecule has 0 bridgehead atoms. The van der Waals surface area contributed by atoms with Gasteiger partial charge in [0.05, 0.1) is 0 Å². The summed E-state index contributed by atoms with van der Waals surface area (Å²) in [7, 11) is -2.48. The third-order valence-corrected chi connectivity index (χ3v) is 12.5. The van der Waals surface area contributed by atoms with Crippen LogP contribution in [0.1, 0.15) is 64.2 Å². The predicted octanol–water partition coefficient (Wildman–Crippen LogP) is 8.24. The summed E-state index contributed by atoms with van der Waals surface area (Å²) in [6, 6.07) is 20.2. The molecule has 2 heteroatoms. The fourth-order valence-corrected chi connectivity index (χ4v) is 11.2. The minimum atomic E-state index is -2.48. The molecule has 0 unspecified atom stereocenters. The van der Waals surface area contributed by atoms with Crippen molar-refractivity contribution >= 4 is 44.8 Å². The van der Waals surface area contributed by atoms with E-state index in [-0.39, 0.29) is 0 Å². The lowest BCUT2D eigenvalue weighted by atomic mass is 9.94. The summed E-state index contributed by atoms with van der Waals surface area (Å²) in [5, 5.41) is 9.07. The number of rotatable bonds is 3. The third-order valence-electron chi connectivity index (χ3n) is 8.12. The quantitative estimate of drug-likeness (QED) is 0.244. The van der Waals surface area contributed by atoms with Gasteiger partial charge >= 0.3 is 0 Å². The van der Waals surface area contributed by atoms with E-state index in [0.717, 1.165) is 25.7 Å². The molecule has 154 valence electrons. The Hall–Kier alpha value is -1.85. The Morgan fingerprint density at radius 3 is 1.67 bits per heavy atom. The first-order valence-corrected chi connectivity index (χ1v) is 13.9. The van der Waals surface area contributed by atoms with Crippen LogP contribution in [0, 0.1) is 0 Å². The van der Waals surface area contributed by atoms with Crippen molar-refractivity contribution in [1.82, 2.24) is 0 Å². The molecule has 0 spiro atoms. The van der Waals surface area contributed by atoms with Crippen LogP contribution in [0.3, 0.4) is 0 Å². The van der Waals surface area contributed by atoms with Crippen molar-refractivity contribution in [3.8, 4) is 0 Å². The van der Waals surface area contributed by atoms with Gasteiger partial charge in [0, 0.05) is 16.6 Å². The van der Waals surface area contributed by atoms with Crippen molar-refractivity contribution in [2.24, 2.45) is 0 Å². The van der Waals surface area contributed by atoms with Gasteiger partial charge in [-0.1, -0.05) is 93.1 Å². The summed E-state index contributed by atoms with van der Waals surface area (Å²) < 4.78 is 15.3. The summed E-state index contributed by atoms with van der Waals surface area (Å²) in [5.41, 5.74) is 0.792. The molecule has 4 aromatic carbocycles. The number of benzene rings is 4. The van der Waals surface area contributed by atoms with Crippen LogP contribution in [0.4, 0.5) is 0 Å². The zero-order valence-corrected chi connectivity index (χ0v) is 18.7. The van der Waals surface area contributed by atoms with Gasteiger partial charge in [-0.2, -0.15) is 0 Å². The largest absolute Gasteiger partial charge is 0.318 e. The first-order valence-electron chi connectivity index (χ1n) is 12.0. The molecule has 0 saturated heterocycles. The maximum Gasteiger partial charge on any atom is 0.122 e. The summed E-state index contributed by atoms with van der Waals surface area (Å²) in [6.45, 7) is 0. The summed E-state index contributed by atoms with van der Waals surface area (Å²) in [4.78, 5) is 0. The summed E-state index contributed by atoms with van der Waals surface area (Å²) in [5.74, 6) is 0. The highest BCUT2D eigenvalue weighted by atomic mass is 31.2. The highest BCUT2D eigenvalue weighted by Gasteiger charge is 2.43. The topological polar surface area (TPSA) is 17.1 Å². The van der Waals surface area contributed by atoms with Crippen molar-refractivity contribution in [3.05, 3.63) is 54.6 Å². The van der Waals surface area contributed by atoms with Gasteiger partial charge in [0.15, 0.2) is 0 Å². The first-order chi connectivity index (χ1) is 14.8. The monoisotopic (exact) mass is 414 g/mol. The molecular formula is C28H31OP. The van der Waals surface area contributed by atoms with Crippen LogP contribution in [0.5, 0.6) is 0 Å². The van der Waals surface area contributed by atoms with E-state index in [1.165, 1.54) is 76.1 Å².